The lowest BCUT2D eigenvalue weighted by Gasteiger charge is -2.32. The Morgan fingerprint density at radius 2 is 1.89 bits per heavy atom. The van der Waals surface area contributed by atoms with Gasteiger partial charge in [-0.2, -0.15) is 0 Å². The van der Waals surface area contributed by atoms with Crippen LogP contribution in [0.3, 0.4) is 0 Å². The number of hydrogen-bond donors (Lipinski definition) is 1. The molecule has 0 heterocycles. The van der Waals surface area contributed by atoms with E-state index >= 15 is 0 Å². The molecule has 0 aromatic heterocycles. The topological polar surface area (TPSA) is 33.7 Å². The van der Waals surface area contributed by atoms with E-state index in [0.29, 0.717) is 6.04 Å². The number of nitrogens with zero attached hydrogens (tertiary/aromatic N) is 1. The standard InChI is InChI=1S/C15H32N2O2/c1-4-6-15(13-16-14-7-8-14)17(10-12-19-3)9-5-11-18-2/h14-16H,4-13H2,1-3H3. The first-order valence-corrected chi connectivity index (χ1v) is 7.77. The number of ether oxygens (including phenoxy) is 2. The van der Waals surface area contributed by atoms with Crippen LogP contribution in [0.15, 0.2) is 0 Å². The molecule has 0 aromatic rings. The SMILES string of the molecule is CCCC(CNC1CC1)N(CCCOC)CCOC. The molecule has 1 fully saturated rings. The summed E-state index contributed by atoms with van der Waals surface area (Å²) in [6, 6.07) is 1.43. The van der Waals surface area contributed by atoms with Gasteiger partial charge in [-0.1, -0.05) is 13.3 Å². The van der Waals surface area contributed by atoms with Gasteiger partial charge in [0.25, 0.3) is 0 Å². The lowest BCUT2D eigenvalue weighted by atomic mass is 10.1. The highest BCUT2D eigenvalue weighted by Gasteiger charge is 2.24. The molecule has 1 rings (SSSR count). The highest BCUT2D eigenvalue weighted by Crippen LogP contribution is 2.19. The van der Waals surface area contributed by atoms with Crippen LogP contribution in [0.1, 0.15) is 39.0 Å². The second kappa shape index (κ2) is 10.6. The van der Waals surface area contributed by atoms with Crippen LogP contribution < -0.4 is 5.32 Å². The molecule has 19 heavy (non-hydrogen) atoms. The number of nitrogens with one attached hydrogen (secondary N) is 1. The third kappa shape index (κ3) is 7.88. The van der Waals surface area contributed by atoms with Crippen molar-refractivity contribution >= 4 is 0 Å². The Labute approximate surface area is 118 Å². The van der Waals surface area contributed by atoms with Crippen LogP contribution >= 0.6 is 0 Å². The molecule has 1 atom stereocenters. The predicted molar refractivity (Wildman–Crippen MR) is 79.7 cm³/mol. The van der Waals surface area contributed by atoms with E-state index in [1.54, 1.807) is 14.2 Å². The van der Waals surface area contributed by atoms with E-state index in [1.165, 1.54) is 25.7 Å². The summed E-state index contributed by atoms with van der Waals surface area (Å²) < 4.78 is 10.4. The van der Waals surface area contributed by atoms with E-state index in [4.69, 9.17) is 9.47 Å². The molecule has 0 bridgehead atoms. The molecule has 0 saturated heterocycles. The quantitative estimate of drug-likeness (QED) is 0.519. The maximum atomic E-state index is 5.25. The van der Waals surface area contributed by atoms with Crippen molar-refractivity contribution in [1.82, 2.24) is 10.2 Å². The van der Waals surface area contributed by atoms with Crippen molar-refractivity contribution in [3.63, 3.8) is 0 Å². The van der Waals surface area contributed by atoms with Crippen LogP contribution in [0.25, 0.3) is 0 Å². The average Bonchev–Trinajstić information content (AvgIpc) is 3.23. The highest BCUT2D eigenvalue weighted by molar-refractivity contribution is 4.84. The van der Waals surface area contributed by atoms with Gasteiger partial charge in [0.1, 0.15) is 0 Å². The van der Waals surface area contributed by atoms with Gasteiger partial charge < -0.3 is 14.8 Å². The van der Waals surface area contributed by atoms with Crippen molar-refractivity contribution in [1.29, 1.82) is 0 Å². The van der Waals surface area contributed by atoms with Crippen molar-refractivity contribution in [2.75, 3.05) is 47.1 Å². The third-order valence-electron chi connectivity index (χ3n) is 3.73. The van der Waals surface area contributed by atoms with Gasteiger partial charge in [-0.3, -0.25) is 4.90 Å². The first-order chi connectivity index (χ1) is 9.31. The Balaban J connectivity index is 2.37. The molecule has 1 unspecified atom stereocenters. The van der Waals surface area contributed by atoms with Gasteiger partial charge in [-0.25, -0.2) is 0 Å². The van der Waals surface area contributed by atoms with Crippen molar-refractivity contribution in [3.8, 4) is 0 Å². The van der Waals surface area contributed by atoms with Crippen molar-refractivity contribution in [2.45, 2.75) is 51.1 Å². The maximum absolute atomic E-state index is 5.25. The molecule has 4 nitrogen and oxygen atoms in total. The minimum absolute atomic E-state index is 0.637. The van der Waals surface area contributed by atoms with Crippen LogP contribution in [0, 0.1) is 0 Å². The molecule has 0 radical (unpaired) electrons. The summed E-state index contributed by atoms with van der Waals surface area (Å²) in [5.41, 5.74) is 0. The van der Waals surface area contributed by atoms with E-state index in [0.717, 1.165) is 45.3 Å². The molecule has 0 aromatic carbocycles. The van der Waals surface area contributed by atoms with E-state index in [2.05, 4.69) is 17.1 Å². The zero-order valence-electron chi connectivity index (χ0n) is 13.0. The Kier molecular flexibility index (Phi) is 9.43. The van der Waals surface area contributed by atoms with E-state index in [9.17, 15) is 0 Å². The normalized spacial score (nSPS) is 17.1. The minimum atomic E-state index is 0.637. The zero-order chi connectivity index (χ0) is 13.9. The average molecular weight is 272 g/mol. The summed E-state index contributed by atoms with van der Waals surface area (Å²) in [7, 11) is 3.56. The number of hydrogen-bond acceptors (Lipinski definition) is 4. The van der Waals surface area contributed by atoms with Gasteiger partial charge in [0.15, 0.2) is 0 Å². The Morgan fingerprint density at radius 3 is 2.47 bits per heavy atom. The van der Waals surface area contributed by atoms with Gasteiger partial charge >= 0.3 is 0 Å². The van der Waals surface area contributed by atoms with Gasteiger partial charge in [0.05, 0.1) is 6.61 Å². The Hall–Kier alpha value is -0.160. The molecule has 1 N–H and O–H groups in total. The summed E-state index contributed by atoms with van der Waals surface area (Å²) in [6.45, 7) is 7.18. The fraction of sp³-hybridized carbons (Fsp3) is 1.00. The molecule has 1 saturated carbocycles. The largest absolute Gasteiger partial charge is 0.385 e. The Bertz CT molecular complexity index is 210. The van der Waals surface area contributed by atoms with Crippen LogP contribution in [0.4, 0.5) is 0 Å². The van der Waals surface area contributed by atoms with Gasteiger partial charge in [-0.05, 0) is 25.7 Å². The van der Waals surface area contributed by atoms with Crippen LogP contribution in [-0.4, -0.2) is 64.1 Å². The molecule has 4 heteroatoms. The molecular weight excluding hydrogens is 240 g/mol. The lowest BCUT2D eigenvalue weighted by Crippen LogP contribution is -2.45. The molecular formula is C15H32N2O2. The molecule has 1 aliphatic rings. The molecule has 114 valence electrons. The van der Waals surface area contributed by atoms with E-state index < -0.39 is 0 Å². The second-order valence-corrected chi connectivity index (χ2v) is 5.50. The summed E-state index contributed by atoms with van der Waals surface area (Å²) >= 11 is 0. The summed E-state index contributed by atoms with van der Waals surface area (Å²) in [5.74, 6) is 0. The fourth-order valence-corrected chi connectivity index (χ4v) is 2.43. The van der Waals surface area contributed by atoms with E-state index in [-0.39, 0.29) is 0 Å². The lowest BCUT2D eigenvalue weighted by molar-refractivity contribution is 0.101. The van der Waals surface area contributed by atoms with Crippen LogP contribution in [0.5, 0.6) is 0 Å². The maximum Gasteiger partial charge on any atom is 0.0589 e. The first kappa shape index (κ1) is 16.9. The van der Waals surface area contributed by atoms with Crippen LogP contribution in [-0.2, 0) is 9.47 Å². The van der Waals surface area contributed by atoms with Crippen molar-refractivity contribution in [2.24, 2.45) is 0 Å². The molecule has 0 spiro atoms. The van der Waals surface area contributed by atoms with Crippen LogP contribution in [0.2, 0.25) is 0 Å². The predicted octanol–water partition coefficient (Wildman–Crippen LogP) is 1.89. The molecule has 0 aliphatic heterocycles. The summed E-state index contributed by atoms with van der Waals surface area (Å²) in [4.78, 5) is 2.57. The number of rotatable bonds is 13. The summed E-state index contributed by atoms with van der Waals surface area (Å²) in [6.07, 6.45) is 6.33. The highest BCUT2D eigenvalue weighted by atomic mass is 16.5. The Morgan fingerprint density at radius 1 is 1.16 bits per heavy atom. The second-order valence-electron chi connectivity index (χ2n) is 5.50. The minimum Gasteiger partial charge on any atom is -0.385 e. The van der Waals surface area contributed by atoms with Crippen molar-refractivity contribution in [3.05, 3.63) is 0 Å². The smallest absolute Gasteiger partial charge is 0.0589 e. The molecule has 1 aliphatic carbocycles. The van der Waals surface area contributed by atoms with Crippen molar-refractivity contribution < 1.29 is 9.47 Å². The fourth-order valence-electron chi connectivity index (χ4n) is 2.43. The van der Waals surface area contributed by atoms with Gasteiger partial charge in [-0.15, -0.1) is 0 Å². The first-order valence-electron chi connectivity index (χ1n) is 7.77. The monoisotopic (exact) mass is 272 g/mol. The molecule has 0 amide bonds. The van der Waals surface area contributed by atoms with Gasteiger partial charge in [0.2, 0.25) is 0 Å². The zero-order valence-corrected chi connectivity index (χ0v) is 13.0. The summed E-state index contributed by atoms with van der Waals surface area (Å²) in [5, 5.41) is 3.68. The van der Waals surface area contributed by atoms with E-state index in [1.807, 2.05) is 0 Å². The van der Waals surface area contributed by atoms with Gasteiger partial charge in [0, 0.05) is 52.5 Å². The third-order valence-corrected chi connectivity index (χ3v) is 3.73. The number of methoxy groups -OCH3 is 2.